The maximum atomic E-state index is 10.8. The van der Waals surface area contributed by atoms with Crippen LogP contribution >= 0.6 is 0 Å². The standard InChI is InChI=1S/C13H18NO6/c1-11-3-2-4-12(14(16)17)13(11)20-10-9-19-8-7-18-6-5-15/h2-4,15H,1,5-10H2. The van der Waals surface area contributed by atoms with Gasteiger partial charge in [0, 0.05) is 11.6 Å². The molecule has 7 heteroatoms. The quantitative estimate of drug-likeness (QED) is 0.394. The van der Waals surface area contributed by atoms with Crippen LogP contribution in [0.4, 0.5) is 5.69 Å². The second-order valence-corrected chi connectivity index (χ2v) is 3.82. The first-order valence-corrected chi connectivity index (χ1v) is 6.15. The highest BCUT2D eigenvalue weighted by Crippen LogP contribution is 2.29. The first-order valence-electron chi connectivity index (χ1n) is 6.15. The van der Waals surface area contributed by atoms with E-state index >= 15 is 0 Å². The van der Waals surface area contributed by atoms with Crippen molar-refractivity contribution < 1.29 is 24.2 Å². The number of ether oxygens (including phenoxy) is 3. The smallest absolute Gasteiger partial charge is 0.311 e. The van der Waals surface area contributed by atoms with Gasteiger partial charge >= 0.3 is 5.69 Å². The second kappa shape index (κ2) is 9.24. The molecule has 7 nitrogen and oxygen atoms in total. The Labute approximate surface area is 117 Å². The van der Waals surface area contributed by atoms with Crippen molar-refractivity contribution in [1.29, 1.82) is 0 Å². The molecule has 0 saturated heterocycles. The van der Waals surface area contributed by atoms with E-state index in [2.05, 4.69) is 6.92 Å². The van der Waals surface area contributed by atoms with E-state index in [-0.39, 0.29) is 37.9 Å². The molecule has 0 unspecified atom stereocenters. The zero-order valence-electron chi connectivity index (χ0n) is 11.1. The lowest BCUT2D eigenvalue weighted by Crippen LogP contribution is -2.12. The van der Waals surface area contributed by atoms with Gasteiger partial charge in [-0.15, -0.1) is 0 Å². The number of hydrogen-bond acceptors (Lipinski definition) is 6. The van der Waals surface area contributed by atoms with Gasteiger partial charge in [-0.05, 0) is 6.92 Å². The van der Waals surface area contributed by atoms with E-state index in [4.69, 9.17) is 19.3 Å². The third-order valence-electron chi connectivity index (χ3n) is 2.35. The largest absolute Gasteiger partial charge is 0.484 e. The summed E-state index contributed by atoms with van der Waals surface area (Å²) in [4.78, 5) is 10.3. The van der Waals surface area contributed by atoms with Crippen molar-refractivity contribution in [3.05, 3.63) is 40.8 Å². The number of aliphatic hydroxyl groups excluding tert-OH is 1. The van der Waals surface area contributed by atoms with E-state index in [1.54, 1.807) is 12.1 Å². The lowest BCUT2D eigenvalue weighted by Gasteiger charge is -2.09. The predicted molar refractivity (Wildman–Crippen MR) is 71.8 cm³/mol. The molecule has 20 heavy (non-hydrogen) atoms. The van der Waals surface area contributed by atoms with Crippen molar-refractivity contribution >= 4 is 5.69 Å². The first kappa shape index (κ1) is 16.4. The summed E-state index contributed by atoms with van der Waals surface area (Å²) in [5, 5.41) is 19.3. The summed E-state index contributed by atoms with van der Waals surface area (Å²) in [6, 6.07) is 4.57. The average molecular weight is 284 g/mol. The van der Waals surface area contributed by atoms with Crippen LogP contribution in [0, 0.1) is 17.0 Å². The van der Waals surface area contributed by atoms with Gasteiger partial charge in [0.15, 0.2) is 5.75 Å². The Bertz CT molecular complexity index is 423. The third kappa shape index (κ3) is 5.52. The zero-order valence-corrected chi connectivity index (χ0v) is 11.1. The second-order valence-electron chi connectivity index (χ2n) is 3.82. The SMILES string of the molecule is [CH2]c1cccc([N+](=O)[O-])c1OCCOCCOCCO. The van der Waals surface area contributed by atoms with E-state index in [0.717, 1.165) is 0 Å². The lowest BCUT2D eigenvalue weighted by atomic mass is 10.2. The van der Waals surface area contributed by atoms with Crippen LogP contribution in [0.15, 0.2) is 18.2 Å². The van der Waals surface area contributed by atoms with Gasteiger partial charge in [0.25, 0.3) is 0 Å². The van der Waals surface area contributed by atoms with Crippen LogP contribution in [0.3, 0.4) is 0 Å². The minimum atomic E-state index is -0.506. The molecule has 1 aromatic carbocycles. The fraction of sp³-hybridized carbons (Fsp3) is 0.462. The summed E-state index contributed by atoms with van der Waals surface area (Å²) in [6.45, 7) is 5.18. The van der Waals surface area contributed by atoms with Crippen LogP contribution in [-0.4, -0.2) is 49.7 Å². The van der Waals surface area contributed by atoms with E-state index < -0.39 is 4.92 Å². The van der Waals surface area contributed by atoms with Gasteiger partial charge in [0.2, 0.25) is 0 Å². The first-order chi connectivity index (χ1) is 9.66. The molecule has 0 aliphatic heterocycles. The summed E-state index contributed by atoms with van der Waals surface area (Å²) >= 11 is 0. The fourth-order valence-electron chi connectivity index (χ4n) is 1.47. The Kier molecular flexibility index (Phi) is 7.56. The molecule has 111 valence electrons. The molecule has 0 saturated carbocycles. The Hall–Kier alpha value is -1.70. The van der Waals surface area contributed by atoms with Crippen molar-refractivity contribution in [2.24, 2.45) is 0 Å². The van der Waals surface area contributed by atoms with Gasteiger partial charge in [-0.1, -0.05) is 12.1 Å². The number of hydrogen-bond donors (Lipinski definition) is 1. The predicted octanol–water partition coefficient (Wildman–Crippen LogP) is 1.18. The Morgan fingerprint density at radius 1 is 1.15 bits per heavy atom. The zero-order chi connectivity index (χ0) is 14.8. The molecular formula is C13H18NO6. The van der Waals surface area contributed by atoms with Crippen LogP contribution in [0.1, 0.15) is 5.56 Å². The summed E-state index contributed by atoms with van der Waals surface area (Å²) in [7, 11) is 0. The molecule has 1 rings (SSSR count). The topological polar surface area (TPSA) is 91.1 Å². The molecule has 0 fully saturated rings. The van der Waals surface area contributed by atoms with Crippen LogP contribution in [-0.2, 0) is 9.47 Å². The normalized spacial score (nSPS) is 10.5. The summed E-state index contributed by atoms with van der Waals surface area (Å²) in [5.41, 5.74) is 0.356. The van der Waals surface area contributed by atoms with Crippen molar-refractivity contribution in [3.8, 4) is 5.75 Å². The third-order valence-corrected chi connectivity index (χ3v) is 2.35. The van der Waals surface area contributed by atoms with E-state index in [1.807, 2.05) is 0 Å². The van der Waals surface area contributed by atoms with E-state index in [9.17, 15) is 10.1 Å². The molecule has 0 atom stereocenters. The van der Waals surface area contributed by atoms with Gasteiger partial charge < -0.3 is 19.3 Å². The highest BCUT2D eigenvalue weighted by Gasteiger charge is 2.16. The summed E-state index contributed by atoms with van der Waals surface area (Å²) in [6.07, 6.45) is 0. The van der Waals surface area contributed by atoms with Gasteiger partial charge in [0.05, 0.1) is 38.0 Å². The fourth-order valence-corrected chi connectivity index (χ4v) is 1.47. The summed E-state index contributed by atoms with van der Waals surface area (Å²) < 4.78 is 15.6. The van der Waals surface area contributed by atoms with E-state index in [0.29, 0.717) is 18.8 Å². The molecule has 0 heterocycles. The number of benzene rings is 1. The molecule has 0 bridgehead atoms. The number of para-hydroxylation sites is 1. The van der Waals surface area contributed by atoms with Crippen LogP contribution in [0.2, 0.25) is 0 Å². The highest BCUT2D eigenvalue weighted by molar-refractivity contribution is 5.52. The number of nitrogens with zero attached hydrogens (tertiary/aromatic N) is 1. The Morgan fingerprint density at radius 3 is 2.45 bits per heavy atom. The van der Waals surface area contributed by atoms with Crippen molar-refractivity contribution in [3.63, 3.8) is 0 Å². The number of aliphatic hydroxyl groups is 1. The van der Waals surface area contributed by atoms with E-state index in [1.165, 1.54) is 6.07 Å². The minimum Gasteiger partial charge on any atom is -0.484 e. The molecule has 0 aromatic heterocycles. The number of nitro groups is 1. The molecule has 1 aromatic rings. The van der Waals surface area contributed by atoms with Crippen molar-refractivity contribution in [1.82, 2.24) is 0 Å². The Balaban J connectivity index is 2.30. The Morgan fingerprint density at radius 2 is 1.80 bits per heavy atom. The van der Waals surface area contributed by atoms with Crippen LogP contribution < -0.4 is 4.74 Å². The van der Waals surface area contributed by atoms with Gasteiger partial charge in [0.1, 0.15) is 6.61 Å². The maximum Gasteiger partial charge on any atom is 0.311 e. The molecule has 0 aliphatic carbocycles. The summed E-state index contributed by atoms with van der Waals surface area (Å²) in [5.74, 6) is 0.164. The molecule has 0 amide bonds. The molecule has 1 N–H and O–H groups in total. The molecular weight excluding hydrogens is 266 g/mol. The van der Waals surface area contributed by atoms with Crippen LogP contribution in [0.25, 0.3) is 0 Å². The lowest BCUT2D eigenvalue weighted by molar-refractivity contribution is -0.385. The van der Waals surface area contributed by atoms with Gasteiger partial charge in [-0.2, -0.15) is 0 Å². The van der Waals surface area contributed by atoms with Gasteiger partial charge in [-0.3, -0.25) is 10.1 Å². The van der Waals surface area contributed by atoms with Crippen LogP contribution in [0.5, 0.6) is 5.75 Å². The number of nitro benzene ring substituents is 1. The van der Waals surface area contributed by atoms with Gasteiger partial charge in [-0.25, -0.2) is 0 Å². The monoisotopic (exact) mass is 284 g/mol. The van der Waals surface area contributed by atoms with Crippen molar-refractivity contribution in [2.45, 2.75) is 0 Å². The average Bonchev–Trinajstić information content (AvgIpc) is 2.43. The highest BCUT2D eigenvalue weighted by atomic mass is 16.6. The maximum absolute atomic E-state index is 10.8. The van der Waals surface area contributed by atoms with Crippen molar-refractivity contribution in [2.75, 3.05) is 39.6 Å². The minimum absolute atomic E-state index is 0.0208. The number of rotatable bonds is 10. The molecule has 1 radical (unpaired) electrons. The molecule has 0 aliphatic rings. The molecule has 0 spiro atoms.